The number of carbonyl (C=O) groups excluding carboxylic acids is 1. The molecule has 0 aromatic carbocycles. The number of esters is 1. The van der Waals surface area contributed by atoms with Gasteiger partial charge in [-0.3, -0.25) is 0 Å². The molecule has 4 nitrogen and oxygen atoms in total. The van der Waals surface area contributed by atoms with E-state index in [-0.39, 0.29) is 11.2 Å². The fraction of sp³-hybridized carbons (Fsp3) is 0.750. The fourth-order valence-electron chi connectivity index (χ4n) is 4.77. The minimum Gasteiger partial charge on any atom is -0.478 e. The van der Waals surface area contributed by atoms with E-state index in [1.807, 2.05) is 0 Å². The van der Waals surface area contributed by atoms with Crippen molar-refractivity contribution in [1.29, 1.82) is 0 Å². The number of hydrogen-bond acceptors (Lipinski definition) is 3. The zero-order chi connectivity index (χ0) is 14.5. The third-order valence-corrected chi connectivity index (χ3v) is 5.75. The molecule has 0 radical (unpaired) electrons. The normalized spacial score (nSPS) is 42.6. The minimum atomic E-state index is -1.07. The number of carboxylic acids is 1. The summed E-state index contributed by atoms with van der Waals surface area (Å²) in [7, 11) is 0. The molecule has 110 valence electrons. The lowest BCUT2D eigenvalue weighted by atomic mass is 9.50. The monoisotopic (exact) mass is 278 g/mol. The van der Waals surface area contributed by atoms with Crippen molar-refractivity contribution < 1.29 is 19.4 Å². The molecule has 0 atom stereocenters. The van der Waals surface area contributed by atoms with E-state index in [2.05, 4.69) is 6.92 Å². The molecule has 4 heteroatoms. The van der Waals surface area contributed by atoms with Crippen LogP contribution in [0, 0.1) is 23.7 Å². The van der Waals surface area contributed by atoms with Gasteiger partial charge < -0.3 is 9.84 Å². The summed E-state index contributed by atoms with van der Waals surface area (Å²) in [5.74, 6) is 0.987. The second-order valence-electron chi connectivity index (χ2n) is 7.04. The van der Waals surface area contributed by atoms with Crippen LogP contribution in [-0.4, -0.2) is 22.6 Å². The molecule has 0 aromatic rings. The molecule has 4 bridgehead atoms. The number of carboxylic acid groups (broad SMARTS) is 1. The van der Waals surface area contributed by atoms with Gasteiger partial charge in [-0.2, -0.15) is 0 Å². The van der Waals surface area contributed by atoms with Crippen molar-refractivity contribution in [2.45, 2.75) is 51.6 Å². The molecule has 0 aromatic heterocycles. The van der Waals surface area contributed by atoms with Crippen molar-refractivity contribution >= 4 is 11.9 Å². The Hall–Kier alpha value is -1.32. The van der Waals surface area contributed by atoms with Crippen molar-refractivity contribution in [3.05, 3.63) is 11.6 Å². The summed E-state index contributed by atoms with van der Waals surface area (Å²) in [5.41, 5.74) is -0.359. The van der Waals surface area contributed by atoms with Gasteiger partial charge in [0.1, 0.15) is 5.60 Å². The molecule has 0 unspecified atom stereocenters. The van der Waals surface area contributed by atoms with Gasteiger partial charge in [-0.1, -0.05) is 0 Å². The van der Waals surface area contributed by atoms with Crippen LogP contribution in [0.25, 0.3) is 0 Å². The van der Waals surface area contributed by atoms with Crippen LogP contribution >= 0.6 is 0 Å². The molecule has 0 heterocycles. The predicted octanol–water partition coefficient (Wildman–Crippen LogP) is 2.78. The van der Waals surface area contributed by atoms with E-state index in [0.29, 0.717) is 11.8 Å². The van der Waals surface area contributed by atoms with Gasteiger partial charge in [-0.15, -0.1) is 0 Å². The average Bonchev–Trinajstić information content (AvgIpc) is 2.35. The van der Waals surface area contributed by atoms with E-state index in [1.54, 1.807) is 0 Å². The topological polar surface area (TPSA) is 63.6 Å². The Morgan fingerprint density at radius 3 is 2.05 bits per heavy atom. The quantitative estimate of drug-likeness (QED) is 0.637. The molecule has 20 heavy (non-hydrogen) atoms. The molecule has 0 amide bonds. The molecule has 4 fully saturated rings. The van der Waals surface area contributed by atoms with Crippen LogP contribution < -0.4 is 0 Å². The number of ether oxygens (including phenoxy) is 1. The van der Waals surface area contributed by atoms with Gasteiger partial charge in [0, 0.05) is 11.6 Å². The summed E-state index contributed by atoms with van der Waals surface area (Å²) in [6.45, 7) is 3.48. The van der Waals surface area contributed by atoms with E-state index in [0.717, 1.165) is 17.9 Å². The number of hydrogen-bond donors (Lipinski definition) is 1. The number of rotatable bonds is 3. The smallest absolute Gasteiger partial charge is 0.331 e. The maximum Gasteiger partial charge on any atom is 0.331 e. The third-order valence-electron chi connectivity index (χ3n) is 5.75. The Labute approximate surface area is 119 Å². The lowest BCUT2D eigenvalue weighted by molar-refractivity contribution is -0.198. The second kappa shape index (κ2) is 4.61. The molecule has 0 aliphatic heterocycles. The first-order valence-corrected chi connectivity index (χ1v) is 7.53. The first-order chi connectivity index (χ1) is 9.38. The van der Waals surface area contributed by atoms with Gasteiger partial charge in [0.05, 0.1) is 0 Å². The van der Waals surface area contributed by atoms with E-state index in [1.165, 1.54) is 39.0 Å². The number of carbonyl (C=O) groups is 2. The summed E-state index contributed by atoms with van der Waals surface area (Å²) in [5, 5.41) is 8.83. The van der Waals surface area contributed by atoms with Crippen molar-refractivity contribution in [1.82, 2.24) is 0 Å². The SMILES string of the molecule is CC(=CC(=O)OC1(C)C2CC3CC(C2)CC1C3)C(=O)O. The van der Waals surface area contributed by atoms with Gasteiger partial charge in [0.2, 0.25) is 0 Å². The zero-order valence-corrected chi connectivity index (χ0v) is 12.1. The van der Waals surface area contributed by atoms with Crippen LogP contribution in [0.4, 0.5) is 0 Å². The molecule has 4 aliphatic carbocycles. The predicted molar refractivity (Wildman–Crippen MR) is 72.9 cm³/mol. The summed E-state index contributed by atoms with van der Waals surface area (Å²) in [6.07, 6.45) is 7.13. The second-order valence-corrected chi connectivity index (χ2v) is 7.04. The summed E-state index contributed by atoms with van der Waals surface area (Å²) >= 11 is 0. The standard InChI is InChI=1S/C16H22O4/c1-9(15(18)19)3-14(17)20-16(2)12-5-10-4-11(7-12)8-13(16)6-10/h3,10-13H,4-8H2,1-2H3,(H,18,19). The van der Waals surface area contributed by atoms with E-state index >= 15 is 0 Å². The highest BCUT2D eigenvalue weighted by molar-refractivity contribution is 5.94. The molecule has 0 saturated heterocycles. The lowest BCUT2D eigenvalue weighted by Crippen LogP contribution is -2.57. The molecule has 4 saturated carbocycles. The van der Waals surface area contributed by atoms with Gasteiger partial charge in [0.15, 0.2) is 0 Å². The van der Waals surface area contributed by atoms with E-state index in [4.69, 9.17) is 9.84 Å². The molecular formula is C16H22O4. The highest BCUT2D eigenvalue weighted by Gasteiger charge is 2.56. The summed E-state index contributed by atoms with van der Waals surface area (Å²) < 4.78 is 5.76. The summed E-state index contributed by atoms with van der Waals surface area (Å²) in [6, 6.07) is 0. The Balaban J connectivity index is 1.75. The van der Waals surface area contributed by atoms with Crippen LogP contribution in [0.5, 0.6) is 0 Å². The first-order valence-electron chi connectivity index (χ1n) is 7.53. The van der Waals surface area contributed by atoms with Crippen molar-refractivity contribution in [3.63, 3.8) is 0 Å². The molecular weight excluding hydrogens is 256 g/mol. The first kappa shape index (κ1) is 13.7. The fourth-order valence-corrected chi connectivity index (χ4v) is 4.77. The molecule has 4 rings (SSSR count). The van der Waals surface area contributed by atoms with Gasteiger partial charge in [-0.05, 0) is 69.6 Å². The Bertz CT molecular complexity index is 449. The van der Waals surface area contributed by atoms with Crippen molar-refractivity contribution in [2.24, 2.45) is 23.7 Å². The van der Waals surface area contributed by atoms with Gasteiger partial charge >= 0.3 is 11.9 Å². The number of aliphatic carboxylic acids is 1. The third kappa shape index (κ3) is 2.15. The Morgan fingerprint density at radius 2 is 1.60 bits per heavy atom. The highest BCUT2D eigenvalue weighted by Crippen LogP contribution is 2.59. The maximum absolute atomic E-state index is 12.0. The highest BCUT2D eigenvalue weighted by atomic mass is 16.6. The average molecular weight is 278 g/mol. The largest absolute Gasteiger partial charge is 0.478 e. The lowest BCUT2D eigenvalue weighted by Gasteiger charge is -2.58. The van der Waals surface area contributed by atoms with E-state index in [9.17, 15) is 9.59 Å². The minimum absolute atomic E-state index is 0.0300. The molecule has 4 aliphatic rings. The Kier molecular flexibility index (Phi) is 3.14. The van der Waals surface area contributed by atoms with Gasteiger partial charge in [0.25, 0.3) is 0 Å². The van der Waals surface area contributed by atoms with Crippen LogP contribution in [0.1, 0.15) is 46.0 Å². The Morgan fingerprint density at radius 1 is 1.10 bits per heavy atom. The van der Waals surface area contributed by atoms with Crippen LogP contribution in [-0.2, 0) is 14.3 Å². The summed E-state index contributed by atoms with van der Waals surface area (Å²) in [4.78, 5) is 22.8. The van der Waals surface area contributed by atoms with Crippen LogP contribution in [0.15, 0.2) is 11.6 Å². The van der Waals surface area contributed by atoms with E-state index < -0.39 is 11.9 Å². The van der Waals surface area contributed by atoms with Crippen LogP contribution in [0.2, 0.25) is 0 Å². The maximum atomic E-state index is 12.0. The van der Waals surface area contributed by atoms with Crippen molar-refractivity contribution in [2.75, 3.05) is 0 Å². The van der Waals surface area contributed by atoms with Crippen LogP contribution in [0.3, 0.4) is 0 Å². The molecule has 0 spiro atoms. The van der Waals surface area contributed by atoms with Crippen molar-refractivity contribution in [3.8, 4) is 0 Å². The van der Waals surface area contributed by atoms with Gasteiger partial charge in [-0.25, -0.2) is 9.59 Å². The molecule has 1 N–H and O–H groups in total. The zero-order valence-electron chi connectivity index (χ0n) is 12.1.